The van der Waals surface area contributed by atoms with Crippen molar-refractivity contribution < 1.29 is 79.9 Å². The predicted octanol–water partition coefficient (Wildman–Crippen LogP) is 10.6. The minimum absolute atomic E-state index is 0.0283. The van der Waals surface area contributed by atoms with Gasteiger partial charge in [-0.05, 0) is 142 Å². The maximum atomic E-state index is 13.2. The molecule has 109 heavy (non-hydrogen) atoms. The number of hydrogen-bond acceptors (Lipinski definition) is 20. The van der Waals surface area contributed by atoms with Gasteiger partial charge in [-0.1, -0.05) is 78.6 Å². The highest BCUT2D eigenvalue weighted by Crippen LogP contribution is 2.12. The highest BCUT2D eigenvalue weighted by Gasteiger charge is 2.21. The minimum Gasteiger partial charge on any atom is -0.477 e. The molecule has 0 fully saturated rings. The summed E-state index contributed by atoms with van der Waals surface area (Å²) in [5.74, 6) is 16.3. The summed E-state index contributed by atoms with van der Waals surface area (Å²) in [6, 6.07) is 36.1. The number of aromatic nitrogens is 8. The van der Waals surface area contributed by atoms with E-state index in [1.165, 1.54) is 97.1 Å². The number of halogens is 5. The van der Waals surface area contributed by atoms with Crippen molar-refractivity contribution in [3.63, 3.8) is 0 Å². The van der Waals surface area contributed by atoms with Crippen LogP contribution in [0.1, 0.15) is 120 Å². The fraction of sp³-hybridized carbons (Fsp3) is 0.101. The van der Waals surface area contributed by atoms with Crippen LogP contribution in [-0.2, 0) is 28.5 Å². The number of carbonyl (C=O) groups is 7. The van der Waals surface area contributed by atoms with Crippen LogP contribution in [0.2, 0.25) is 0 Å². The zero-order chi connectivity index (χ0) is 78.7. The van der Waals surface area contributed by atoms with Crippen LogP contribution in [0, 0.1) is 70.6 Å². The molecule has 25 nitrogen and oxygen atoms in total. The number of carboxylic acid groups (broad SMARTS) is 1. The normalized spacial score (nSPS) is 9.99. The first kappa shape index (κ1) is 79.8. The van der Waals surface area contributed by atoms with Gasteiger partial charge < -0.3 is 28.8 Å². The fourth-order valence-electron chi connectivity index (χ4n) is 8.93. The van der Waals surface area contributed by atoms with Crippen molar-refractivity contribution >= 4 is 75.6 Å². The Morgan fingerprint density at radius 1 is 0.404 bits per heavy atom. The lowest BCUT2D eigenvalue weighted by Crippen LogP contribution is -2.26. The fourth-order valence-corrected chi connectivity index (χ4v) is 9.04. The van der Waals surface area contributed by atoms with Gasteiger partial charge in [0.15, 0.2) is 0 Å². The van der Waals surface area contributed by atoms with Gasteiger partial charge in [-0.25, -0.2) is 66.3 Å². The summed E-state index contributed by atoms with van der Waals surface area (Å²) in [7, 11) is 1.20. The van der Waals surface area contributed by atoms with E-state index in [0.29, 0.717) is 63.2 Å². The van der Waals surface area contributed by atoms with Crippen LogP contribution in [-0.4, -0.2) is 104 Å². The smallest absolute Gasteiger partial charge is 0.477 e. The third-order valence-corrected chi connectivity index (χ3v) is 14.1. The Morgan fingerprint density at radius 3 is 0.954 bits per heavy atom. The molecule has 12 rings (SSSR count). The number of nitrogens with zero attached hydrogens (tertiary/aromatic N) is 8. The molecule has 0 radical (unpaired) electrons. The summed E-state index contributed by atoms with van der Waals surface area (Å²) in [5, 5.41) is 8.91. The van der Waals surface area contributed by atoms with Gasteiger partial charge in [0.2, 0.25) is 0 Å². The summed E-state index contributed by atoms with van der Waals surface area (Å²) in [6.45, 7) is 5.39. The van der Waals surface area contributed by atoms with Gasteiger partial charge in [-0.15, -0.1) is 0 Å². The number of carbonyl (C=O) groups excluding carboxylic acids is 6. The molecule has 0 aliphatic carbocycles. The molecule has 0 spiro atoms. The Hall–Kier alpha value is -14.9. The Balaban J connectivity index is 0.000000179. The molecule has 0 aliphatic rings. The van der Waals surface area contributed by atoms with E-state index >= 15 is 0 Å². The first-order valence-electron chi connectivity index (χ1n) is 31.8. The number of rotatable bonds is 8. The van der Waals surface area contributed by atoms with E-state index in [-0.39, 0.29) is 64.4 Å². The number of benzene rings is 4. The molecule has 4 aromatic carbocycles. The first-order valence-corrected chi connectivity index (χ1v) is 32.2. The van der Waals surface area contributed by atoms with Crippen LogP contribution in [0.3, 0.4) is 0 Å². The van der Waals surface area contributed by atoms with E-state index in [4.69, 9.17) is 16.7 Å². The number of ether oxygens (including phenoxy) is 5. The maximum Gasteiger partial charge on any atom is 0.516 e. The molecule has 30 heteroatoms. The summed E-state index contributed by atoms with van der Waals surface area (Å²) in [6.07, 6.45) is 9.40. The van der Waals surface area contributed by atoms with Crippen LogP contribution in [0.15, 0.2) is 214 Å². The third kappa shape index (κ3) is 22.8. The molecule has 8 heterocycles. The highest BCUT2D eigenvalue weighted by molar-refractivity contribution is 6.61. The van der Waals surface area contributed by atoms with Gasteiger partial charge >= 0.3 is 41.4 Å². The maximum absolute atomic E-state index is 13.2. The molecule has 0 atom stereocenters. The van der Waals surface area contributed by atoms with E-state index in [9.17, 15) is 70.3 Å². The van der Waals surface area contributed by atoms with E-state index in [1.54, 1.807) is 112 Å². The van der Waals surface area contributed by atoms with Crippen LogP contribution in [0.5, 0.6) is 0 Å². The summed E-state index contributed by atoms with van der Waals surface area (Å²) in [4.78, 5) is 144. The number of carboxylic acids is 1. The summed E-state index contributed by atoms with van der Waals surface area (Å²) >= 11 is 4.72. The van der Waals surface area contributed by atoms with E-state index < -0.39 is 74.8 Å². The minimum atomic E-state index is -1.33. The molecule has 12 aromatic rings. The van der Waals surface area contributed by atoms with Crippen molar-refractivity contribution in [3.05, 3.63) is 327 Å². The Kier molecular flexibility index (Phi) is 28.2. The van der Waals surface area contributed by atoms with Crippen molar-refractivity contribution in [1.82, 2.24) is 37.5 Å². The topological polar surface area (TPSA) is 323 Å². The SMILES string of the molecule is CCCC(=O)OC(=O)c1cnc2cc(C#Cc3cccc(F)c3)ccn2c1=O.CCOC(=O)Cl.CCOC(=O)OC(=O)c1cnc2cc(C#Cc3cccc(F)c3)ccn2c1=O.COC(=O)c1cnc2cc(C#Cc3cccc(F)c3)ccn2c1=O.O=C(O)c1cnc2cc(C#Cc3cccc(F)c3)ccn2c1=O. The molecular formula is C79H53ClF4N8O17. The molecular weight excluding hydrogens is 1440 g/mol. The molecule has 546 valence electrons. The molecule has 1 N–H and O–H groups in total. The largest absolute Gasteiger partial charge is 0.516 e. The second-order valence-corrected chi connectivity index (χ2v) is 21.9. The van der Waals surface area contributed by atoms with Crippen LogP contribution in [0.4, 0.5) is 27.2 Å². The van der Waals surface area contributed by atoms with Crippen molar-refractivity contribution in [2.75, 3.05) is 20.3 Å². The second-order valence-electron chi connectivity index (χ2n) is 21.6. The first-order chi connectivity index (χ1) is 52.3. The van der Waals surface area contributed by atoms with E-state index in [0.717, 1.165) is 31.8 Å². The van der Waals surface area contributed by atoms with Gasteiger partial charge in [0.05, 0.1) is 20.3 Å². The van der Waals surface area contributed by atoms with Crippen LogP contribution in [0.25, 0.3) is 22.6 Å². The lowest BCUT2D eigenvalue weighted by Gasteiger charge is -2.04. The molecule has 8 aromatic heterocycles. The molecule has 0 aliphatic heterocycles. The summed E-state index contributed by atoms with van der Waals surface area (Å²) < 4.78 is 79.5. The molecule has 0 saturated carbocycles. The number of pyridine rings is 4. The standard InChI is InChI=1S/C21H15FN2O4.C20H13FN2O5.C18H11FN2O3.C17H9FN2O3.C3H5ClO2/c1-2-4-19(25)28-21(27)17-13-23-18-12-15(9-10-24(18)20(17)26)8-7-14-5-3-6-16(22)11-14;1-2-27-20(26)28-19(25)16-12-22-17-11-14(8-9-23(17)18(16)24)7-6-13-4-3-5-15(21)10-13;1-24-18(23)15-11-20-16-10-13(7-8-21(16)17(15)22)6-5-12-3-2-4-14(19)9-12;18-13-3-1-2-11(8-13)4-5-12-6-7-20-15(9-12)19-10-14(16(20)21)17(22)23;1-2-6-3(4)5/h3,5-6,9-13H,2,4H2,1H3;3-5,8-12H,2H2,1H3;2-4,7-11H,1H3;1-3,6-10H,(H,22,23);2H2,1H3. The van der Waals surface area contributed by atoms with Crippen molar-refractivity contribution in [1.29, 1.82) is 0 Å². The number of esters is 4. The van der Waals surface area contributed by atoms with Crippen LogP contribution >= 0.6 is 11.6 Å². The summed E-state index contributed by atoms with van der Waals surface area (Å²) in [5.41, 5.74) is 0.943. The highest BCUT2D eigenvalue weighted by atomic mass is 35.5. The number of aromatic carboxylic acids is 1. The third-order valence-electron chi connectivity index (χ3n) is 14.0. The zero-order valence-corrected chi connectivity index (χ0v) is 58.0. The van der Waals surface area contributed by atoms with Gasteiger partial charge in [0.25, 0.3) is 22.2 Å². The number of methoxy groups -OCH3 is 1. The monoisotopic (exact) mass is 1500 g/mol. The van der Waals surface area contributed by atoms with Gasteiger partial charge in [-0.2, -0.15) is 0 Å². The Morgan fingerprint density at radius 2 is 0.688 bits per heavy atom. The van der Waals surface area contributed by atoms with Crippen LogP contribution < -0.4 is 22.2 Å². The van der Waals surface area contributed by atoms with Gasteiger partial charge in [-0.3, -0.25) is 41.6 Å². The molecule has 0 bridgehead atoms. The van der Waals surface area contributed by atoms with Gasteiger partial charge in [0, 0.05) is 112 Å². The van der Waals surface area contributed by atoms with E-state index in [1.807, 2.05) is 0 Å². The quantitative estimate of drug-likeness (QED) is 0.0369. The lowest BCUT2D eigenvalue weighted by molar-refractivity contribution is -0.138. The predicted molar refractivity (Wildman–Crippen MR) is 384 cm³/mol. The number of hydrogen-bond donors (Lipinski definition) is 1. The number of fused-ring (bicyclic) bond motifs is 4. The zero-order valence-electron chi connectivity index (χ0n) is 57.3. The Bertz CT molecular complexity index is 5910. The second kappa shape index (κ2) is 38.5. The van der Waals surface area contributed by atoms with Crippen molar-refractivity contribution in [2.45, 2.75) is 33.6 Å². The van der Waals surface area contributed by atoms with Gasteiger partial charge in [0.1, 0.15) is 68.1 Å². The molecule has 0 unspecified atom stereocenters. The van der Waals surface area contributed by atoms with E-state index in [2.05, 4.69) is 91.0 Å². The Labute approximate surface area is 618 Å². The van der Waals surface area contributed by atoms with Crippen molar-refractivity contribution in [3.8, 4) is 47.4 Å². The molecule has 0 amide bonds. The average molecular weight is 1500 g/mol. The van der Waals surface area contributed by atoms with Crippen molar-refractivity contribution in [2.24, 2.45) is 0 Å². The average Bonchev–Trinajstić information content (AvgIpc) is 0.815. The lowest BCUT2D eigenvalue weighted by atomic mass is 10.2. The molecule has 0 saturated heterocycles.